The average Bonchev–Trinajstić information content (AvgIpc) is 2.46. The normalized spacial score (nSPS) is 55.3. The Bertz CT molecular complexity index is 122. The first-order valence-electron chi connectivity index (χ1n) is 3.69. The van der Waals surface area contributed by atoms with Crippen LogP contribution in [0.3, 0.4) is 0 Å². The largest absolute Gasteiger partial charge is 0.396 e. The Hall–Kier alpha value is -0.0800. The number of hydrogen-bond donors (Lipinski definition) is 2. The van der Waals surface area contributed by atoms with Crippen molar-refractivity contribution in [2.45, 2.75) is 13.0 Å². The maximum absolute atomic E-state index is 8.80. The first kappa shape index (κ1) is 5.69. The third-order valence-electron chi connectivity index (χ3n) is 2.86. The zero-order chi connectivity index (χ0) is 6.43. The van der Waals surface area contributed by atoms with Gasteiger partial charge in [0.1, 0.15) is 0 Å². The van der Waals surface area contributed by atoms with Crippen molar-refractivity contribution in [1.82, 2.24) is 5.32 Å². The van der Waals surface area contributed by atoms with E-state index < -0.39 is 0 Å². The van der Waals surface area contributed by atoms with Crippen molar-refractivity contribution < 1.29 is 5.11 Å². The van der Waals surface area contributed by atoms with Crippen LogP contribution in [-0.4, -0.2) is 24.3 Å². The maximum Gasteiger partial charge on any atom is 0.0465 e. The monoisotopic (exact) mass is 127 g/mol. The van der Waals surface area contributed by atoms with Crippen molar-refractivity contribution in [3.05, 3.63) is 0 Å². The van der Waals surface area contributed by atoms with Crippen LogP contribution in [0, 0.1) is 17.8 Å². The first-order chi connectivity index (χ1) is 4.34. The quantitative estimate of drug-likeness (QED) is 0.512. The van der Waals surface area contributed by atoms with Crippen LogP contribution in [0.25, 0.3) is 0 Å². The lowest BCUT2D eigenvalue weighted by Gasteiger charge is -2.07. The third kappa shape index (κ3) is 0.634. The minimum Gasteiger partial charge on any atom is -0.396 e. The second kappa shape index (κ2) is 1.70. The Morgan fingerprint density at radius 3 is 2.78 bits per heavy atom. The van der Waals surface area contributed by atoms with Crippen molar-refractivity contribution in [1.29, 1.82) is 0 Å². The molecule has 0 bridgehead atoms. The van der Waals surface area contributed by atoms with Crippen LogP contribution in [0.5, 0.6) is 0 Å². The lowest BCUT2D eigenvalue weighted by atomic mass is 10.2. The standard InChI is InChI=1S/C7H13NO/c1-4-7-5(2-8-4)6(7)3-9/h4-9H,2-3H2,1H3/t4-,5+,6+,7+/m1/s1. The number of aliphatic hydroxyl groups is 1. The smallest absolute Gasteiger partial charge is 0.0465 e. The van der Waals surface area contributed by atoms with Crippen molar-refractivity contribution in [3.8, 4) is 0 Å². The Kier molecular flexibility index (Phi) is 1.08. The summed E-state index contributed by atoms with van der Waals surface area (Å²) in [7, 11) is 0. The molecule has 0 unspecified atom stereocenters. The van der Waals surface area contributed by atoms with Crippen LogP contribution in [0.2, 0.25) is 0 Å². The predicted octanol–water partition coefficient (Wildman–Crippen LogP) is -0.167. The molecule has 0 aromatic carbocycles. The number of aliphatic hydroxyl groups excluding tert-OH is 1. The van der Waals surface area contributed by atoms with Crippen LogP contribution < -0.4 is 5.32 Å². The Morgan fingerprint density at radius 1 is 1.67 bits per heavy atom. The fourth-order valence-corrected chi connectivity index (χ4v) is 2.22. The summed E-state index contributed by atoms with van der Waals surface area (Å²) in [5, 5.41) is 12.2. The van der Waals surface area contributed by atoms with Crippen molar-refractivity contribution in [2.75, 3.05) is 13.2 Å². The number of nitrogens with one attached hydrogen (secondary N) is 1. The Balaban J connectivity index is 1.98. The molecule has 2 fully saturated rings. The number of hydrogen-bond acceptors (Lipinski definition) is 2. The number of fused-ring (bicyclic) bond motifs is 1. The van der Waals surface area contributed by atoms with Crippen LogP contribution in [0.15, 0.2) is 0 Å². The molecule has 0 amide bonds. The average molecular weight is 127 g/mol. The van der Waals surface area contributed by atoms with Crippen molar-refractivity contribution in [3.63, 3.8) is 0 Å². The van der Waals surface area contributed by atoms with Gasteiger partial charge in [0.2, 0.25) is 0 Å². The molecule has 9 heavy (non-hydrogen) atoms. The molecule has 2 aliphatic rings. The first-order valence-corrected chi connectivity index (χ1v) is 3.69. The van der Waals surface area contributed by atoms with Gasteiger partial charge in [-0.2, -0.15) is 0 Å². The molecule has 0 radical (unpaired) electrons. The van der Waals surface area contributed by atoms with Crippen LogP contribution in [0.4, 0.5) is 0 Å². The molecule has 1 aliphatic carbocycles. The van der Waals surface area contributed by atoms with Gasteiger partial charge in [-0.25, -0.2) is 0 Å². The Labute approximate surface area is 55.3 Å². The van der Waals surface area contributed by atoms with E-state index in [0.29, 0.717) is 18.6 Å². The van der Waals surface area contributed by atoms with Crippen LogP contribution >= 0.6 is 0 Å². The molecule has 0 spiro atoms. The van der Waals surface area contributed by atoms with Gasteiger partial charge < -0.3 is 10.4 Å². The van der Waals surface area contributed by atoms with Gasteiger partial charge in [0.05, 0.1) is 0 Å². The highest BCUT2D eigenvalue weighted by molar-refractivity contribution is 5.07. The summed E-state index contributed by atoms with van der Waals surface area (Å²) in [6, 6.07) is 0.659. The lowest BCUT2D eigenvalue weighted by Crippen LogP contribution is -2.25. The number of rotatable bonds is 1. The van der Waals surface area contributed by atoms with E-state index in [2.05, 4.69) is 12.2 Å². The van der Waals surface area contributed by atoms with Gasteiger partial charge in [-0.15, -0.1) is 0 Å². The zero-order valence-electron chi connectivity index (χ0n) is 5.67. The second-order valence-corrected chi connectivity index (χ2v) is 3.28. The van der Waals surface area contributed by atoms with Crippen LogP contribution in [-0.2, 0) is 0 Å². The molecular formula is C7H13NO. The van der Waals surface area contributed by atoms with E-state index in [-0.39, 0.29) is 0 Å². The van der Waals surface area contributed by atoms with E-state index in [0.717, 1.165) is 18.4 Å². The molecule has 1 saturated heterocycles. The van der Waals surface area contributed by atoms with E-state index in [4.69, 9.17) is 5.11 Å². The number of piperidine rings is 1. The van der Waals surface area contributed by atoms with E-state index in [1.54, 1.807) is 0 Å². The van der Waals surface area contributed by atoms with Gasteiger partial charge in [0.25, 0.3) is 0 Å². The van der Waals surface area contributed by atoms with Crippen molar-refractivity contribution >= 4 is 0 Å². The lowest BCUT2D eigenvalue weighted by molar-refractivity contribution is 0.252. The molecule has 0 aromatic rings. The summed E-state index contributed by atoms with van der Waals surface area (Å²) in [6.45, 7) is 3.75. The summed E-state index contributed by atoms with van der Waals surface area (Å²) >= 11 is 0. The topological polar surface area (TPSA) is 32.3 Å². The molecule has 1 aliphatic heterocycles. The fraction of sp³-hybridized carbons (Fsp3) is 1.00. The van der Waals surface area contributed by atoms with E-state index in [9.17, 15) is 0 Å². The van der Waals surface area contributed by atoms with E-state index in [1.807, 2.05) is 0 Å². The van der Waals surface area contributed by atoms with Gasteiger partial charge in [0, 0.05) is 12.6 Å². The highest BCUT2D eigenvalue weighted by atomic mass is 16.3. The van der Waals surface area contributed by atoms with Gasteiger partial charge in [0.15, 0.2) is 0 Å². The molecule has 1 heterocycles. The Morgan fingerprint density at radius 2 is 2.44 bits per heavy atom. The molecule has 52 valence electrons. The van der Waals surface area contributed by atoms with Gasteiger partial charge in [-0.1, -0.05) is 0 Å². The van der Waals surface area contributed by atoms with Crippen molar-refractivity contribution in [2.24, 2.45) is 17.8 Å². The maximum atomic E-state index is 8.80. The minimum atomic E-state index is 0.404. The molecule has 2 N–H and O–H groups in total. The summed E-state index contributed by atoms with van der Waals surface area (Å²) < 4.78 is 0. The summed E-state index contributed by atoms with van der Waals surface area (Å²) in [4.78, 5) is 0. The van der Waals surface area contributed by atoms with E-state index in [1.165, 1.54) is 0 Å². The fourth-order valence-electron chi connectivity index (χ4n) is 2.22. The van der Waals surface area contributed by atoms with Gasteiger partial charge in [-0.05, 0) is 31.2 Å². The minimum absolute atomic E-state index is 0.404. The summed E-state index contributed by atoms with van der Waals surface area (Å²) in [5.41, 5.74) is 0. The van der Waals surface area contributed by atoms with Crippen LogP contribution in [0.1, 0.15) is 6.92 Å². The SMILES string of the molecule is C[C@H]1NC[C@H]2[C@H](CO)[C@H]21. The molecule has 4 atom stereocenters. The highest BCUT2D eigenvalue weighted by Crippen LogP contribution is 2.51. The second-order valence-electron chi connectivity index (χ2n) is 3.28. The molecule has 2 heteroatoms. The molecule has 0 aromatic heterocycles. The van der Waals surface area contributed by atoms with Gasteiger partial charge >= 0.3 is 0 Å². The van der Waals surface area contributed by atoms with E-state index >= 15 is 0 Å². The molecule has 1 saturated carbocycles. The third-order valence-corrected chi connectivity index (χ3v) is 2.86. The summed E-state index contributed by atoms with van der Waals surface area (Å²) in [5.74, 6) is 2.25. The summed E-state index contributed by atoms with van der Waals surface area (Å²) in [6.07, 6.45) is 0. The zero-order valence-corrected chi connectivity index (χ0v) is 5.67. The predicted molar refractivity (Wildman–Crippen MR) is 35.0 cm³/mol. The molecule has 2 nitrogen and oxygen atoms in total. The van der Waals surface area contributed by atoms with Gasteiger partial charge in [-0.3, -0.25) is 0 Å². The molecule has 2 rings (SSSR count). The molecular weight excluding hydrogens is 114 g/mol. The highest BCUT2D eigenvalue weighted by Gasteiger charge is 2.55.